The molecule has 0 unspecified atom stereocenters. The number of aromatic nitrogens is 4. The Hall–Kier alpha value is -2.28. The molecule has 0 radical (unpaired) electrons. The first-order chi connectivity index (χ1) is 9.34. The largest absolute Gasteiger partial charge is 0.278 e. The standard InChI is InChI=1S/C12H13N5O2/c18-12(17-5-1-2-6-19-17)10-3-4-11(14-7-10)16-9-13-8-15-16/h3-4,7-9H,1-2,5-6H2. The summed E-state index contributed by atoms with van der Waals surface area (Å²) in [6.45, 7) is 1.22. The lowest BCUT2D eigenvalue weighted by Crippen LogP contribution is -2.35. The Morgan fingerprint density at radius 1 is 1.32 bits per heavy atom. The lowest BCUT2D eigenvalue weighted by atomic mass is 10.2. The Bertz CT molecular complexity index is 546. The van der Waals surface area contributed by atoms with Gasteiger partial charge in [0.05, 0.1) is 12.2 Å². The Kier molecular flexibility index (Phi) is 3.20. The van der Waals surface area contributed by atoms with Crippen molar-refractivity contribution in [2.75, 3.05) is 13.2 Å². The quantitative estimate of drug-likeness (QED) is 0.798. The van der Waals surface area contributed by atoms with Crippen molar-refractivity contribution in [2.24, 2.45) is 0 Å². The van der Waals surface area contributed by atoms with E-state index in [4.69, 9.17) is 4.84 Å². The summed E-state index contributed by atoms with van der Waals surface area (Å²) in [6, 6.07) is 3.44. The second kappa shape index (κ2) is 5.15. The van der Waals surface area contributed by atoms with Crippen LogP contribution >= 0.6 is 0 Å². The average Bonchev–Trinajstić information content (AvgIpc) is 3.02. The number of carbonyl (C=O) groups is 1. The molecule has 0 N–H and O–H groups in total. The van der Waals surface area contributed by atoms with Gasteiger partial charge in [0.2, 0.25) is 0 Å². The van der Waals surface area contributed by atoms with Gasteiger partial charge in [-0.3, -0.25) is 9.63 Å². The number of rotatable bonds is 2. The number of nitrogens with zero attached hydrogens (tertiary/aromatic N) is 5. The van der Waals surface area contributed by atoms with Crippen LogP contribution in [0.2, 0.25) is 0 Å². The maximum atomic E-state index is 12.1. The second-order valence-corrected chi connectivity index (χ2v) is 4.19. The predicted octanol–water partition coefficient (Wildman–Crippen LogP) is 0.830. The molecule has 3 heterocycles. The van der Waals surface area contributed by atoms with Crippen molar-refractivity contribution >= 4 is 5.91 Å². The maximum absolute atomic E-state index is 12.1. The first-order valence-electron chi connectivity index (χ1n) is 6.10. The minimum atomic E-state index is -0.155. The molecule has 1 aliphatic heterocycles. The highest BCUT2D eigenvalue weighted by Crippen LogP contribution is 2.12. The van der Waals surface area contributed by atoms with Gasteiger partial charge in [-0.25, -0.2) is 19.7 Å². The van der Waals surface area contributed by atoms with Crippen LogP contribution in [0.25, 0.3) is 5.82 Å². The highest BCUT2D eigenvalue weighted by Gasteiger charge is 2.19. The van der Waals surface area contributed by atoms with Gasteiger partial charge in [-0.2, -0.15) is 5.10 Å². The van der Waals surface area contributed by atoms with Crippen LogP contribution in [0, 0.1) is 0 Å². The third-order valence-electron chi connectivity index (χ3n) is 2.88. The molecule has 2 aromatic rings. The van der Waals surface area contributed by atoms with E-state index in [1.54, 1.807) is 18.5 Å². The van der Waals surface area contributed by atoms with E-state index in [2.05, 4.69) is 15.1 Å². The molecule has 1 saturated heterocycles. The Labute approximate surface area is 109 Å². The summed E-state index contributed by atoms with van der Waals surface area (Å²) in [5.41, 5.74) is 0.505. The first kappa shape index (κ1) is 11.8. The summed E-state index contributed by atoms with van der Waals surface area (Å²) in [7, 11) is 0. The number of hydrogen-bond acceptors (Lipinski definition) is 5. The van der Waals surface area contributed by atoms with Crippen LogP contribution in [-0.4, -0.2) is 43.9 Å². The second-order valence-electron chi connectivity index (χ2n) is 4.19. The van der Waals surface area contributed by atoms with E-state index in [0.717, 1.165) is 12.8 Å². The van der Waals surface area contributed by atoms with E-state index < -0.39 is 0 Å². The van der Waals surface area contributed by atoms with E-state index in [0.29, 0.717) is 24.5 Å². The minimum absolute atomic E-state index is 0.155. The van der Waals surface area contributed by atoms with Crippen molar-refractivity contribution in [1.82, 2.24) is 24.8 Å². The lowest BCUT2D eigenvalue weighted by molar-refractivity contribution is -0.144. The summed E-state index contributed by atoms with van der Waals surface area (Å²) < 4.78 is 1.53. The lowest BCUT2D eigenvalue weighted by Gasteiger charge is -2.25. The zero-order valence-electron chi connectivity index (χ0n) is 10.3. The number of hydrogen-bond donors (Lipinski definition) is 0. The average molecular weight is 259 g/mol. The molecule has 1 aliphatic rings. The van der Waals surface area contributed by atoms with Gasteiger partial charge in [-0.05, 0) is 25.0 Å². The molecule has 0 aromatic carbocycles. The summed E-state index contributed by atoms with van der Waals surface area (Å²) in [4.78, 5) is 25.5. The monoisotopic (exact) mass is 259 g/mol. The van der Waals surface area contributed by atoms with Crippen LogP contribution in [0.4, 0.5) is 0 Å². The zero-order chi connectivity index (χ0) is 13.1. The van der Waals surface area contributed by atoms with Crippen LogP contribution in [0.15, 0.2) is 31.0 Å². The molecule has 3 rings (SSSR count). The fourth-order valence-corrected chi connectivity index (χ4v) is 1.88. The highest BCUT2D eigenvalue weighted by atomic mass is 16.7. The van der Waals surface area contributed by atoms with Crippen molar-refractivity contribution < 1.29 is 9.63 Å². The maximum Gasteiger partial charge on any atom is 0.278 e. The van der Waals surface area contributed by atoms with Crippen LogP contribution < -0.4 is 0 Å². The van der Waals surface area contributed by atoms with Gasteiger partial charge in [0, 0.05) is 12.7 Å². The molecule has 0 spiro atoms. The molecule has 7 nitrogen and oxygen atoms in total. The summed E-state index contributed by atoms with van der Waals surface area (Å²) in [5, 5.41) is 5.37. The zero-order valence-corrected chi connectivity index (χ0v) is 10.3. The molecule has 0 atom stereocenters. The van der Waals surface area contributed by atoms with Crippen LogP contribution in [-0.2, 0) is 4.84 Å². The minimum Gasteiger partial charge on any atom is -0.271 e. The molecule has 19 heavy (non-hydrogen) atoms. The van der Waals surface area contributed by atoms with E-state index in [9.17, 15) is 4.79 Å². The Morgan fingerprint density at radius 3 is 2.89 bits per heavy atom. The Morgan fingerprint density at radius 2 is 2.26 bits per heavy atom. The van der Waals surface area contributed by atoms with E-state index in [1.165, 1.54) is 22.3 Å². The summed E-state index contributed by atoms with van der Waals surface area (Å²) in [6.07, 6.45) is 6.47. The van der Waals surface area contributed by atoms with Gasteiger partial charge in [-0.1, -0.05) is 0 Å². The van der Waals surface area contributed by atoms with Crippen molar-refractivity contribution in [3.05, 3.63) is 36.5 Å². The topological polar surface area (TPSA) is 73.1 Å². The predicted molar refractivity (Wildman–Crippen MR) is 65.4 cm³/mol. The SMILES string of the molecule is O=C(c1ccc(-n2cncn2)nc1)N1CCCCO1. The fraction of sp³-hybridized carbons (Fsp3) is 0.333. The van der Waals surface area contributed by atoms with Gasteiger partial charge in [0.15, 0.2) is 5.82 Å². The third-order valence-corrected chi connectivity index (χ3v) is 2.88. The van der Waals surface area contributed by atoms with E-state index >= 15 is 0 Å². The highest BCUT2D eigenvalue weighted by molar-refractivity contribution is 5.93. The number of carbonyl (C=O) groups excluding carboxylic acids is 1. The van der Waals surface area contributed by atoms with Crippen LogP contribution in [0.5, 0.6) is 0 Å². The molecule has 1 fully saturated rings. The molecule has 98 valence electrons. The van der Waals surface area contributed by atoms with Crippen LogP contribution in [0.3, 0.4) is 0 Å². The van der Waals surface area contributed by atoms with E-state index in [1.807, 2.05) is 0 Å². The number of hydroxylamine groups is 2. The van der Waals surface area contributed by atoms with E-state index in [-0.39, 0.29) is 5.91 Å². The number of pyridine rings is 1. The fourth-order valence-electron chi connectivity index (χ4n) is 1.88. The van der Waals surface area contributed by atoms with Crippen molar-refractivity contribution in [1.29, 1.82) is 0 Å². The molecule has 7 heteroatoms. The molecule has 0 saturated carbocycles. The molecular weight excluding hydrogens is 246 g/mol. The molecule has 2 aromatic heterocycles. The molecule has 0 bridgehead atoms. The first-order valence-corrected chi connectivity index (χ1v) is 6.10. The summed E-state index contributed by atoms with van der Waals surface area (Å²) >= 11 is 0. The number of amides is 1. The third kappa shape index (κ3) is 2.45. The normalized spacial score (nSPS) is 15.5. The van der Waals surface area contributed by atoms with Gasteiger partial charge in [-0.15, -0.1) is 0 Å². The van der Waals surface area contributed by atoms with Crippen molar-refractivity contribution in [3.63, 3.8) is 0 Å². The van der Waals surface area contributed by atoms with Gasteiger partial charge >= 0.3 is 0 Å². The van der Waals surface area contributed by atoms with Gasteiger partial charge < -0.3 is 0 Å². The molecule has 1 amide bonds. The smallest absolute Gasteiger partial charge is 0.271 e. The molecular formula is C12H13N5O2. The van der Waals surface area contributed by atoms with Crippen molar-refractivity contribution in [3.8, 4) is 5.82 Å². The Balaban J connectivity index is 1.76. The van der Waals surface area contributed by atoms with Gasteiger partial charge in [0.25, 0.3) is 5.91 Å². The van der Waals surface area contributed by atoms with Crippen molar-refractivity contribution in [2.45, 2.75) is 12.8 Å². The van der Waals surface area contributed by atoms with Crippen LogP contribution in [0.1, 0.15) is 23.2 Å². The summed E-state index contributed by atoms with van der Waals surface area (Å²) in [5.74, 6) is 0.464. The van der Waals surface area contributed by atoms with Gasteiger partial charge in [0.1, 0.15) is 12.7 Å². The molecule has 0 aliphatic carbocycles.